The summed E-state index contributed by atoms with van der Waals surface area (Å²) in [6, 6.07) is 12.1. The van der Waals surface area contributed by atoms with Crippen molar-refractivity contribution in [3.8, 4) is 17.0 Å². The van der Waals surface area contributed by atoms with Crippen LogP contribution in [0.1, 0.15) is 36.9 Å². The average molecular weight is 634 g/mol. The monoisotopic (exact) mass is 633 g/mol. The lowest BCUT2D eigenvalue weighted by Gasteiger charge is -2.33. The smallest absolute Gasteiger partial charge is 0.418 e. The van der Waals surface area contributed by atoms with Crippen molar-refractivity contribution in [2.24, 2.45) is 0 Å². The molecular weight excluding hydrogens is 603 g/mol. The molecule has 2 heterocycles. The third-order valence-electron chi connectivity index (χ3n) is 7.68. The zero-order valence-electron chi connectivity index (χ0n) is 23.8. The van der Waals surface area contributed by atoms with Crippen molar-refractivity contribution in [1.82, 2.24) is 19.9 Å². The number of hydrogen-bond acceptors (Lipinski definition) is 8. The predicted molar refractivity (Wildman–Crippen MR) is 160 cm³/mol. The summed E-state index contributed by atoms with van der Waals surface area (Å²) in [6.45, 7) is 0. The molecule has 228 valence electrons. The topological polar surface area (TPSA) is 97.3 Å². The van der Waals surface area contributed by atoms with Crippen LogP contribution in [-0.4, -0.2) is 61.6 Å². The molecule has 0 atom stereocenters. The van der Waals surface area contributed by atoms with Crippen LogP contribution >= 0.6 is 11.6 Å². The summed E-state index contributed by atoms with van der Waals surface area (Å²) in [5.74, 6) is -0.339. The number of nitrogens with one attached hydrogen (secondary N) is 1. The number of anilines is 1. The molecule has 0 bridgehead atoms. The highest BCUT2D eigenvalue weighted by atomic mass is 35.5. The molecule has 0 unspecified atom stereocenters. The van der Waals surface area contributed by atoms with Gasteiger partial charge in [0.25, 0.3) is 0 Å². The number of hydrogen-bond donors (Lipinski definition) is 1. The number of pyridine rings is 1. The van der Waals surface area contributed by atoms with Crippen molar-refractivity contribution >= 4 is 38.3 Å². The standard InChI is InChI=1S/C30H31ClF3N5O3S/c1-39(2)22-11-8-20(9-12-22)37-29-35-16-19-14-18(15-24(27(19)38-29)30(32,33)34)23-13-10-21(36-28(23)42-3)17-43(40,41)26-7-5-4-6-25(26)31/h4-7,10,13-16,20,22H,8-9,11-12,17H2,1-3H3,(H,35,37,38). The number of ether oxygens (including phenoxy) is 1. The van der Waals surface area contributed by atoms with Gasteiger partial charge in [-0.25, -0.2) is 23.4 Å². The summed E-state index contributed by atoms with van der Waals surface area (Å²) in [5.41, 5.74) is -0.556. The molecule has 13 heteroatoms. The lowest BCUT2D eigenvalue weighted by Crippen LogP contribution is -2.36. The maximum atomic E-state index is 14.3. The second kappa shape index (κ2) is 12.3. The van der Waals surface area contributed by atoms with Crippen LogP contribution in [0.2, 0.25) is 5.02 Å². The number of rotatable bonds is 8. The number of nitrogens with zero attached hydrogens (tertiary/aromatic N) is 4. The first kappa shape index (κ1) is 31.0. The van der Waals surface area contributed by atoms with E-state index in [1.807, 2.05) is 14.1 Å². The van der Waals surface area contributed by atoms with Crippen LogP contribution in [0.4, 0.5) is 19.1 Å². The van der Waals surface area contributed by atoms with Gasteiger partial charge < -0.3 is 15.0 Å². The largest absolute Gasteiger partial charge is 0.481 e. The summed E-state index contributed by atoms with van der Waals surface area (Å²) in [7, 11) is 1.56. The lowest BCUT2D eigenvalue weighted by atomic mass is 9.90. The Balaban J connectivity index is 1.46. The van der Waals surface area contributed by atoms with Crippen molar-refractivity contribution < 1.29 is 26.3 Å². The lowest BCUT2D eigenvalue weighted by molar-refractivity contribution is -0.136. The van der Waals surface area contributed by atoms with Gasteiger partial charge in [-0.15, -0.1) is 0 Å². The second-order valence-electron chi connectivity index (χ2n) is 10.8. The first-order valence-corrected chi connectivity index (χ1v) is 15.7. The highest BCUT2D eigenvalue weighted by Crippen LogP contribution is 2.40. The first-order valence-electron chi connectivity index (χ1n) is 13.7. The van der Waals surface area contributed by atoms with Crippen molar-refractivity contribution in [1.29, 1.82) is 0 Å². The van der Waals surface area contributed by atoms with Crippen LogP contribution in [0.5, 0.6) is 5.88 Å². The second-order valence-corrected chi connectivity index (χ2v) is 13.2. The molecule has 1 N–H and O–H groups in total. The Morgan fingerprint density at radius 2 is 1.77 bits per heavy atom. The Bertz CT molecular complexity index is 1740. The summed E-state index contributed by atoms with van der Waals surface area (Å²) in [5, 5.41) is 3.50. The molecule has 1 aliphatic rings. The van der Waals surface area contributed by atoms with Crippen molar-refractivity contribution in [3.05, 3.63) is 71.0 Å². The highest BCUT2D eigenvalue weighted by molar-refractivity contribution is 7.90. The fourth-order valence-corrected chi connectivity index (χ4v) is 7.25. The van der Waals surface area contributed by atoms with E-state index in [2.05, 4.69) is 25.2 Å². The molecule has 5 rings (SSSR count). The SMILES string of the molecule is COc1nc(CS(=O)(=O)c2ccccc2Cl)ccc1-c1cc(C(F)(F)F)c2nc(NC3CCC(N(C)C)CC3)ncc2c1. The molecule has 8 nitrogen and oxygen atoms in total. The van der Waals surface area contributed by atoms with Crippen molar-refractivity contribution in [3.63, 3.8) is 0 Å². The first-order chi connectivity index (χ1) is 20.4. The Hall–Kier alpha value is -3.48. The number of benzene rings is 2. The molecule has 0 amide bonds. The van der Waals surface area contributed by atoms with Gasteiger partial charge in [-0.1, -0.05) is 23.7 Å². The van der Waals surface area contributed by atoms with E-state index >= 15 is 0 Å². The van der Waals surface area contributed by atoms with Crippen LogP contribution in [0, 0.1) is 0 Å². The number of sulfone groups is 1. The minimum absolute atomic E-state index is 0.0214. The maximum Gasteiger partial charge on any atom is 0.418 e. The Morgan fingerprint density at radius 3 is 2.42 bits per heavy atom. The van der Waals surface area contributed by atoms with E-state index < -0.39 is 27.3 Å². The van der Waals surface area contributed by atoms with Gasteiger partial charge in [0, 0.05) is 29.2 Å². The number of halogens is 4. The molecular formula is C30H31ClF3N5O3S. The third kappa shape index (κ3) is 6.86. The molecule has 0 aliphatic heterocycles. The molecule has 1 aliphatic carbocycles. The number of fused-ring (bicyclic) bond motifs is 1. The van der Waals surface area contributed by atoms with Crippen molar-refractivity contribution in [2.75, 3.05) is 26.5 Å². The molecule has 43 heavy (non-hydrogen) atoms. The molecule has 4 aromatic rings. The third-order valence-corrected chi connectivity index (χ3v) is 9.82. The molecule has 0 saturated heterocycles. The Labute approximate surface area is 253 Å². The summed E-state index contributed by atoms with van der Waals surface area (Å²) in [6.07, 6.45) is 0.383. The van der Waals surface area contributed by atoms with Crippen molar-refractivity contribution in [2.45, 2.75) is 54.6 Å². The van der Waals surface area contributed by atoms with Crippen LogP contribution < -0.4 is 10.1 Å². The van der Waals surface area contributed by atoms with Gasteiger partial charge in [-0.3, -0.25) is 0 Å². The van der Waals surface area contributed by atoms with Crippen LogP contribution in [-0.2, 0) is 21.8 Å². The van der Waals surface area contributed by atoms with Gasteiger partial charge in [0.05, 0.1) is 39.6 Å². The van der Waals surface area contributed by atoms with E-state index in [-0.39, 0.29) is 55.5 Å². The quantitative estimate of drug-likeness (QED) is 0.231. The van der Waals surface area contributed by atoms with Gasteiger partial charge in [0.2, 0.25) is 11.8 Å². The van der Waals surface area contributed by atoms with E-state index in [0.717, 1.165) is 31.7 Å². The van der Waals surface area contributed by atoms with Gasteiger partial charge in [0.1, 0.15) is 0 Å². The fraction of sp³-hybridized carbons (Fsp3) is 0.367. The number of aromatic nitrogens is 3. The van der Waals surface area contributed by atoms with E-state index in [1.165, 1.54) is 43.6 Å². The Morgan fingerprint density at radius 1 is 1.05 bits per heavy atom. The van der Waals surface area contributed by atoms with E-state index in [1.54, 1.807) is 12.1 Å². The van der Waals surface area contributed by atoms with E-state index in [0.29, 0.717) is 6.04 Å². The predicted octanol–water partition coefficient (Wildman–Crippen LogP) is 6.63. The zero-order valence-corrected chi connectivity index (χ0v) is 25.4. The van der Waals surface area contributed by atoms with Gasteiger partial charge in [-0.05, 0) is 81.7 Å². The van der Waals surface area contributed by atoms with Gasteiger partial charge in [-0.2, -0.15) is 13.2 Å². The van der Waals surface area contributed by atoms with Crippen LogP contribution in [0.15, 0.2) is 59.6 Å². The molecule has 2 aromatic heterocycles. The van der Waals surface area contributed by atoms with E-state index in [9.17, 15) is 21.6 Å². The minimum Gasteiger partial charge on any atom is -0.481 e. The summed E-state index contributed by atoms with van der Waals surface area (Å²) in [4.78, 5) is 15.1. The average Bonchev–Trinajstić information content (AvgIpc) is 2.96. The summed E-state index contributed by atoms with van der Waals surface area (Å²) < 4.78 is 74.3. The summed E-state index contributed by atoms with van der Waals surface area (Å²) >= 11 is 6.08. The molecule has 1 saturated carbocycles. The maximum absolute atomic E-state index is 14.3. The number of alkyl halides is 3. The number of methoxy groups -OCH3 is 1. The van der Waals surface area contributed by atoms with Gasteiger partial charge >= 0.3 is 6.18 Å². The van der Waals surface area contributed by atoms with Gasteiger partial charge in [0.15, 0.2) is 9.84 Å². The molecule has 0 spiro atoms. The van der Waals surface area contributed by atoms with E-state index in [4.69, 9.17) is 16.3 Å². The normalized spacial score (nSPS) is 17.8. The molecule has 1 fully saturated rings. The Kier molecular flexibility index (Phi) is 8.82. The van der Waals surface area contributed by atoms with Crippen LogP contribution in [0.25, 0.3) is 22.0 Å². The minimum atomic E-state index is -4.70. The van der Waals surface area contributed by atoms with Crippen LogP contribution in [0.3, 0.4) is 0 Å². The zero-order chi connectivity index (χ0) is 30.9. The highest BCUT2D eigenvalue weighted by Gasteiger charge is 2.35. The molecule has 2 aromatic carbocycles. The fourth-order valence-electron chi connectivity index (χ4n) is 5.41. The molecule has 0 radical (unpaired) electrons.